The summed E-state index contributed by atoms with van der Waals surface area (Å²) < 4.78 is 5.26. The number of aryl methyl sites for hydroxylation is 2. The maximum absolute atomic E-state index is 12.2. The smallest absolute Gasteiger partial charge is 0.322 e. The molecule has 0 radical (unpaired) electrons. The number of nitrogens with one attached hydrogen (secondary N) is 2. The van der Waals surface area contributed by atoms with E-state index < -0.39 is 0 Å². The summed E-state index contributed by atoms with van der Waals surface area (Å²) in [6.45, 7) is 7.11. The van der Waals surface area contributed by atoms with Crippen molar-refractivity contribution >= 4 is 11.7 Å². The van der Waals surface area contributed by atoms with Gasteiger partial charge in [-0.1, -0.05) is 6.92 Å². The molecule has 6 nitrogen and oxygen atoms in total. The van der Waals surface area contributed by atoms with E-state index in [2.05, 4.69) is 22.5 Å². The van der Waals surface area contributed by atoms with Crippen LogP contribution in [0.5, 0.6) is 5.88 Å². The quantitative estimate of drug-likeness (QED) is 0.877. The summed E-state index contributed by atoms with van der Waals surface area (Å²) in [7, 11) is 1.56. The van der Waals surface area contributed by atoms with Crippen LogP contribution >= 0.6 is 0 Å². The summed E-state index contributed by atoms with van der Waals surface area (Å²) in [6.07, 6.45) is 0.874. The van der Waals surface area contributed by atoms with Crippen LogP contribution < -0.4 is 15.4 Å². The molecule has 0 aliphatic carbocycles. The van der Waals surface area contributed by atoms with Gasteiger partial charge in [0.25, 0.3) is 0 Å². The van der Waals surface area contributed by atoms with E-state index >= 15 is 0 Å². The fourth-order valence-corrected chi connectivity index (χ4v) is 2.29. The Morgan fingerprint density at radius 2 is 2.20 bits per heavy atom. The van der Waals surface area contributed by atoms with Crippen LogP contribution in [0.4, 0.5) is 10.5 Å². The first-order chi connectivity index (χ1) is 9.65. The predicted octanol–water partition coefficient (Wildman–Crippen LogP) is 1.40. The second kappa shape index (κ2) is 6.56. The standard InChI is InChI=1S/C14H22N4O2/c1-4-11-9-12(13(20-3)16-10(11)2)17-14(19)18-7-5-15-6-8-18/h9,15H,4-8H2,1-3H3,(H,17,19). The number of rotatable bonds is 3. The van der Waals surface area contributed by atoms with Crippen molar-refractivity contribution in [3.63, 3.8) is 0 Å². The molecule has 0 bridgehead atoms. The summed E-state index contributed by atoms with van der Waals surface area (Å²) in [4.78, 5) is 18.4. The number of methoxy groups -OCH3 is 1. The lowest BCUT2D eigenvalue weighted by Crippen LogP contribution is -2.48. The molecule has 1 aromatic heterocycles. The SMILES string of the molecule is CCc1cc(NC(=O)N2CCNCC2)c(OC)nc1C. The summed E-state index contributed by atoms with van der Waals surface area (Å²) >= 11 is 0. The highest BCUT2D eigenvalue weighted by Crippen LogP contribution is 2.25. The zero-order valence-electron chi connectivity index (χ0n) is 12.3. The molecule has 0 unspecified atom stereocenters. The van der Waals surface area contributed by atoms with Crippen LogP contribution in [0.15, 0.2) is 6.07 Å². The molecule has 6 heteroatoms. The Balaban J connectivity index is 2.16. The van der Waals surface area contributed by atoms with E-state index in [1.54, 1.807) is 12.0 Å². The Morgan fingerprint density at radius 1 is 1.50 bits per heavy atom. The average Bonchev–Trinajstić information content (AvgIpc) is 2.49. The summed E-state index contributed by atoms with van der Waals surface area (Å²) in [5, 5.41) is 6.13. The molecule has 2 heterocycles. The van der Waals surface area contributed by atoms with Gasteiger partial charge in [-0.3, -0.25) is 0 Å². The lowest BCUT2D eigenvalue weighted by atomic mass is 10.1. The number of aromatic nitrogens is 1. The largest absolute Gasteiger partial charge is 0.480 e. The maximum atomic E-state index is 12.2. The van der Waals surface area contributed by atoms with Gasteiger partial charge in [0, 0.05) is 31.9 Å². The van der Waals surface area contributed by atoms with Crippen LogP contribution in [0.3, 0.4) is 0 Å². The van der Waals surface area contributed by atoms with Crippen molar-refractivity contribution in [1.82, 2.24) is 15.2 Å². The number of hydrogen-bond donors (Lipinski definition) is 2. The first kappa shape index (κ1) is 14.6. The number of piperazine rings is 1. The number of carbonyl (C=O) groups is 1. The Bertz CT molecular complexity index is 484. The number of ether oxygens (including phenoxy) is 1. The number of urea groups is 1. The molecule has 0 aromatic carbocycles. The first-order valence-electron chi connectivity index (χ1n) is 6.96. The fourth-order valence-electron chi connectivity index (χ4n) is 2.29. The van der Waals surface area contributed by atoms with Crippen LogP contribution in [0.2, 0.25) is 0 Å². The third-order valence-corrected chi connectivity index (χ3v) is 3.50. The zero-order valence-corrected chi connectivity index (χ0v) is 12.3. The highest BCUT2D eigenvalue weighted by Gasteiger charge is 2.18. The van der Waals surface area contributed by atoms with Gasteiger partial charge in [-0.15, -0.1) is 0 Å². The van der Waals surface area contributed by atoms with Crippen molar-refractivity contribution in [3.05, 3.63) is 17.3 Å². The molecule has 2 rings (SSSR count). The molecule has 1 saturated heterocycles. The van der Waals surface area contributed by atoms with E-state index in [0.717, 1.165) is 30.8 Å². The minimum absolute atomic E-state index is 0.0995. The Hall–Kier alpha value is -1.82. The molecule has 0 saturated carbocycles. The van der Waals surface area contributed by atoms with Crippen molar-refractivity contribution in [2.75, 3.05) is 38.6 Å². The summed E-state index contributed by atoms with van der Waals surface area (Å²) in [5.41, 5.74) is 2.68. The molecule has 1 fully saturated rings. The van der Waals surface area contributed by atoms with Crippen molar-refractivity contribution < 1.29 is 9.53 Å². The van der Waals surface area contributed by atoms with Gasteiger partial charge in [0.15, 0.2) is 0 Å². The van der Waals surface area contributed by atoms with Crippen LogP contribution in [0, 0.1) is 6.92 Å². The molecule has 2 amide bonds. The van der Waals surface area contributed by atoms with Crippen LogP contribution in [0.1, 0.15) is 18.2 Å². The molecule has 1 aliphatic heterocycles. The van der Waals surface area contributed by atoms with E-state index in [-0.39, 0.29) is 6.03 Å². The normalized spacial score (nSPS) is 15.1. The number of hydrogen-bond acceptors (Lipinski definition) is 4. The van der Waals surface area contributed by atoms with E-state index in [9.17, 15) is 4.79 Å². The van der Waals surface area contributed by atoms with Gasteiger partial charge in [-0.25, -0.2) is 9.78 Å². The second-order valence-corrected chi connectivity index (χ2v) is 4.81. The lowest BCUT2D eigenvalue weighted by molar-refractivity contribution is 0.203. The predicted molar refractivity (Wildman–Crippen MR) is 78.4 cm³/mol. The van der Waals surface area contributed by atoms with Gasteiger partial charge in [-0.2, -0.15) is 0 Å². The van der Waals surface area contributed by atoms with Crippen LogP contribution in [-0.4, -0.2) is 49.2 Å². The van der Waals surface area contributed by atoms with E-state index in [1.807, 2.05) is 13.0 Å². The third kappa shape index (κ3) is 3.19. The van der Waals surface area contributed by atoms with Gasteiger partial charge in [0.1, 0.15) is 5.69 Å². The minimum atomic E-state index is -0.0995. The molecule has 1 aliphatic rings. The van der Waals surface area contributed by atoms with Crippen molar-refractivity contribution in [2.45, 2.75) is 20.3 Å². The fraction of sp³-hybridized carbons (Fsp3) is 0.571. The van der Waals surface area contributed by atoms with E-state index in [1.165, 1.54) is 0 Å². The van der Waals surface area contributed by atoms with Gasteiger partial charge < -0.3 is 20.3 Å². The number of pyridine rings is 1. The molecular weight excluding hydrogens is 256 g/mol. The molecular formula is C14H22N4O2. The highest BCUT2D eigenvalue weighted by atomic mass is 16.5. The lowest BCUT2D eigenvalue weighted by Gasteiger charge is -2.27. The number of amides is 2. The monoisotopic (exact) mass is 278 g/mol. The Labute approximate surface area is 119 Å². The molecule has 1 aromatic rings. The average molecular weight is 278 g/mol. The number of nitrogens with zero attached hydrogens (tertiary/aromatic N) is 2. The van der Waals surface area contributed by atoms with Crippen molar-refractivity contribution in [2.24, 2.45) is 0 Å². The van der Waals surface area contributed by atoms with E-state index in [0.29, 0.717) is 24.7 Å². The highest BCUT2D eigenvalue weighted by molar-refractivity contribution is 5.90. The molecule has 2 N–H and O–H groups in total. The second-order valence-electron chi connectivity index (χ2n) is 4.81. The van der Waals surface area contributed by atoms with Crippen LogP contribution in [0.25, 0.3) is 0 Å². The minimum Gasteiger partial charge on any atom is -0.480 e. The Kier molecular flexibility index (Phi) is 4.79. The topological polar surface area (TPSA) is 66.5 Å². The third-order valence-electron chi connectivity index (χ3n) is 3.50. The molecule has 20 heavy (non-hydrogen) atoms. The summed E-state index contributed by atoms with van der Waals surface area (Å²) in [6, 6.07) is 1.85. The van der Waals surface area contributed by atoms with Gasteiger partial charge in [0.2, 0.25) is 5.88 Å². The molecule has 0 atom stereocenters. The summed E-state index contributed by atoms with van der Waals surface area (Å²) in [5.74, 6) is 0.461. The van der Waals surface area contributed by atoms with E-state index in [4.69, 9.17) is 4.74 Å². The molecule has 110 valence electrons. The van der Waals surface area contributed by atoms with Crippen molar-refractivity contribution in [3.8, 4) is 5.88 Å². The number of anilines is 1. The van der Waals surface area contributed by atoms with Crippen LogP contribution in [-0.2, 0) is 6.42 Å². The zero-order chi connectivity index (χ0) is 14.5. The van der Waals surface area contributed by atoms with Gasteiger partial charge >= 0.3 is 6.03 Å². The first-order valence-corrected chi connectivity index (χ1v) is 6.96. The molecule has 0 spiro atoms. The van der Waals surface area contributed by atoms with Crippen molar-refractivity contribution in [1.29, 1.82) is 0 Å². The Morgan fingerprint density at radius 3 is 2.80 bits per heavy atom. The van der Waals surface area contributed by atoms with Gasteiger partial charge in [-0.05, 0) is 25.0 Å². The number of carbonyl (C=O) groups excluding carboxylic acids is 1. The van der Waals surface area contributed by atoms with Gasteiger partial charge in [0.05, 0.1) is 7.11 Å². The maximum Gasteiger partial charge on any atom is 0.322 e.